The van der Waals surface area contributed by atoms with Gasteiger partial charge in [0.2, 0.25) is 0 Å². The largest absolute Gasteiger partial charge is 0.490 e. The van der Waals surface area contributed by atoms with Gasteiger partial charge in [0.15, 0.2) is 17.1 Å². The topological polar surface area (TPSA) is 77.8 Å². The Balaban J connectivity index is 1.72. The number of fused-ring (bicyclic) bond motifs is 1. The molecule has 0 saturated carbocycles. The van der Waals surface area contributed by atoms with Gasteiger partial charge in [-0.3, -0.25) is 4.79 Å². The van der Waals surface area contributed by atoms with Crippen LogP contribution < -0.4 is 14.8 Å². The summed E-state index contributed by atoms with van der Waals surface area (Å²) in [4.78, 5) is 18.7. The molecule has 0 fully saturated rings. The third-order valence-corrected chi connectivity index (χ3v) is 6.19. The Kier molecular flexibility index (Phi) is 7.07. The van der Waals surface area contributed by atoms with Crippen LogP contribution in [0.25, 0.3) is 16.8 Å². The van der Waals surface area contributed by atoms with Crippen LogP contribution in [0.3, 0.4) is 0 Å². The number of anilines is 1. The lowest BCUT2D eigenvalue weighted by atomic mass is 10.1. The van der Waals surface area contributed by atoms with Crippen LogP contribution in [-0.4, -0.2) is 40.0 Å². The molecule has 1 amide bonds. The average molecular weight is 477 g/mol. The first-order valence-electron chi connectivity index (χ1n) is 11.2. The number of amides is 1. The van der Waals surface area contributed by atoms with Crippen molar-refractivity contribution in [1.29, 1.82) is 0 Å². The van der Waals surface area contributed by atoms with E-state index in [-0.39, 0.29) is 5.91 Å². The molecule has 2 aromatic heterocycles. The first kappa shape index (κ1) is 23.6. The van der Waals surface area contributed by atoms with Crippen molar-refractivity contribution < 1.29 is 14.3 Å². The highest BCUT2D eigenvalue weighted by Crippen LogP contribution is 2.36. The fourth-order valence-electron chi connectivity index (χ4n) is 3.87. The lowest BCUT2D eigenvalue weighted by Gasteiger charge is -2.12. The molecule has 1 N–H and O–H groups in total. The van der Waals surface area contributed by atoms with Gasteiger partial charge >= 0.3 is 0 Å². The normalized spacial score (nSPS) is 11.0. The van der Waals surface area contributed by atoms with Crippen LogP contribution in [-0.2, 0) is 0 Å². The molecule has 0 bridgehead atoms. The molecule has 0 spiro atoms. The molecular formula is C26H28N4O3S. The van der Waals surface area contributed by atoms with Gasteiger partial charge in [-0.1, -0.05) is 12.1 Å². The second-order valence-corrected chi connectivity index (χ2v) is 8.55. The molecule has 0 unspecified atom stereocenters. The first-order valence-corrected chi connectivity index (χ1v) is 12.4. The third kappa shape index (κ3) is 4.59. The number of hydrogen-bond donors (Lipinski definition) is 1. The van der Waals surface area contributed by atoms with Crippen molar-refractivity contribution in [2.24, 2.45) is 0 Å². The van der Waals surface area contributed by atoms with E-state index in [0.717, 1.165) is 27.4 Å². The molecule has 2 heterocycles. The van der Waals surface area contributed by atoms with Gasteiger partial charge in [0.1, 0.15) is 0 Å². The van der Waals surface area contributed by atoms with Crippen molar-refractivity contribution >= 4 is 29.0 Å². The van der Waals surface area contributed by atoms with Crippen LogP contribution in [0.15, 0.2) is 53.6 Å². The van der Waals surface area contributed by atoms with Crippen molar-refractivity contribution in [2.45, 2.75) is 32.6 Å². The monoisotopic (exact) mass is 476 g/mol. The Labute approximate surface area is 203 Å². The number of thioether (sulfide) groups is 1. The highest BCUT2D eigenvalue weighted by Gasteiger charge is 2.20. The van der Waals surface area contributed by atoms with E-state index < -0.39 is 0 Å². The standard InChI is InChI=1S/C26H28N4O3S/c1-6-32-22-12-11-18(13-23(22)33-7-2)24-16(3)29-30-17(4)21(15-27-25(24)30)26(31)28-19-9-8-10-20(14-19)34-5/h8-15H,6-7H2,1-5H3,(H,28,31). The number of benzene rings is 2. The van der Waals surface area contributed by atoms with Crippen LogP contribution >= 0.6 is 11.8 Å². The molecule has 7 nitrogen and oxygen atoms in total. The molecule has 4 rings (SSSR count). The second-order valence-electron chi connectivity index (χ2n) is 7.67. The van der Waals surface area contributed by atoms with Gasteiger partial charge in [-0.2, -0.15) is 5.10 Å². The smallest absolute Gasteiger partial charge is 0.259 e. The zero-order valence-corrected chi connectivity index (χ0v) is 20.8. The minimum absolute atomic E-state index is 0.223. The van der Waals surface area contributed by atoms with Crippen LogP contribution in [0.4, 0.5) is 5.69 Å². The van der Waals surface area contributed by atoms with Crippen LogP contribution in [0.2, 0.25) is 0 Å². The molecule has 2 aromatic carbocycles. The van der Waals surface area contributed by atoms with E-state index in [4.69, 9.17) is 14.6 Å². The van der Waals surface area contributed by atoms with E-state index in [1.54, 1.807) is 22.5 Å². The highest BCUT2D eigenvalue weighted by atomic mass is 32.2. The molecule has 4 aromatic rings. The number of rotatable bonds is 8. The maximum atomic E-state index is 13.0. The quantitative estimate of drug-likeness (QED) is 0.325. The van der Waals surface area contributed by atoms with Gasteiger partial charge in [0.25, 0.3) is 5.91 Å². The number of nitrogens with zero attached hydrogens (tertiary/aromatic N) is 3. The van der Waals surface area contributed by atoms with Crippen molar-refractivity contribution in [2.75, 3.05) is 24.8 Å². The molecule has 0 atom stereocenters. The summed E-state index contributed by atoms with van der Waals surface area (Å²) in [5, 5.41) is 7.67. The van der Waals surface area contributed by atoms with Crippen molar-refractivity contribution in [3.05, 3.63) is 65.6 Å². The van der Waals surface area contributed by atoms with Gasteiger partial charge in [-0.05, 0) is 69.8 Å². The average Bonchev–Trinajstić information content (AvgIpc) is 3.17. The maximum Gasteiger partial charge on any atom is 0.259 e. The minimum atomic E-state index is -0.223. The summed E-state index contributed by atoms with van der Waals surface area (Å²) in [6.45, 7) is 8.79. The van der Waals surface area contributed by atoms with Gasteiger partial charge < -0.3 is 14.8 Å². The van der Waals surface area contributed by atoms with Gasteiger partial charge in [-0.25, -0.2) is 9.50 Å². The van der Waals surface area contributed by atoms with Crippen LogP contribution in [0.5, 0.6) is 11.5 Å². The fraction of sp³-hybridized carbons (Fsp3) is 0.269. The summed E-state index contributed by atoms with van der Waals surface area (Å²) in [5.74, 6) is 1.16. The summed E-state index contributed by atoms with van der Waals surface area (Å²) < 4.78 is 13.2. The van der Waals surface area contributed by atoms with Gasteiger partial charge in [0.05, 0.1) is 30.2 Å². The first-order chi connectivity index (χ1) is 16.5. The van der Waals surface area contributed by atoms with E-state index in [0.29, 0.717) is 41.6 Å². The Morgan fingerprint density at radius 2 is 1.82 bits per heavy atom. The minimum Gasteiger partial charge on any atom is -0.490 e. The number of carbonyl (C=O) groups excluding carboxylic acids is 1. The number of aromatic nitrogens is 3. The van der Waals surface area contributed by atoms with E-state index in [9.17, 15) is 4.79 Å². The molecule has 34 heavy (non-hydrogen) atoms. The highest BCUT2D eigenvalue weighted by molar-refractivity contribution is 7.98. The lowest BCUT2D eigenvalue weighted by Crippen LogP contribution is -2.16. The molecule has 0 saturated heterocycles. The summed E-state index contributed by atoms with van der Waals surface area (Å²) >= 11 is 1.63. The number of hydrogen-bond acceptors (Lipinski definition) is 6. The maximum absolute atomic E-state index is 13.0. The summed E-state index contributed by atoms with van der Waals surface area (Å²) in [6, 6.07) is 13.6. The molecule has 176 valence electrons. The van der Waals surface area contributed by atoms with Crippen molar-refractivity contribution in [3.63, 3.8) is 0 Å². The van der Waals surface area contributed by atoms with E-state index >= 15 is 0 Å². The Bertz CT molecular complexity index is 1350. The number of ether oxygens (including phenoxy) is 2. The third-order valence-electron chi connectivity index (χ3n) is 5.46. The predicted molar refractivity (Wildman–Crippen MR) is 136 cm³/mol. The molecule has 0 aliphatic carbocycles. The van der Waals surface area contributed by atoms with E-state index in [1.165, 1.54) is 0 Å². The van der Waals surface area contributed by atoms with E-state index in [1.807, 2.05) is 76.4 Å². The zero-order valence-electron chi connectivity index (χ0n) is 20.0. The molecular weight excluding hydrogens is 448 g/mol. The number of nitrogens with one attached hydrogen (secondary N) is 1. The summed E-state index contributed by atoms with van der Waals surface area (Å²) in [7, 11) is 0. The predicted octanol–water partition coefficient (Wildman–Crippen LogP) is 5.78. The van der Waals surface area contributed by atoms with E-state index in [2.05, 4.69) is 10.3 Å². The Morgan fingerprint density at radius 3 is 2.56 bits per heavy atom. The number of aryl methyl sites for hydroxylation is 2. The molecule has 0 aliphatic heterocycles. The zero-order chi connectivity index (χ0) is 24.2. The Morgan fingerprint density at radius 1 is 1.06 bits per heavy atom. The molecule has 0 aliphatic rings. The second kappa shape index (κ2) is 10.2. The Hall–Kier alpha value is -3.52. The van der Waals surface area contributed by atoms with Crippen LogP contribution in [0.1, 0.15) is 35.6 Å². The summed E-state index contributed by atoms with van der Waals surface area (Å²) in [5.41, 5.74) is 5.25. The molecule has 8 heteroatoms. The van der Waals surface area contributed by atoms with Crippen molar-refractivity contribution in [3.8, 4) is 22.6 Å². The van der Waals surface area contributed by atoms with Gasteiger partial charge in [-0.15, -0.1) is 11.8 Å². The van der Waals surface area contributed by atoms with Crippen molar-refractivity contribution in [1.82, 2.24) is 14.6 Å². The number of carbonyl (C=O) groups is 1. The van der Waals surface area contributed by atoms with Gasteiger partial charge in [0, 0.05) is 22.3 Å². The lowest BCUT2D eigenvalue weighted by molar-refractivity contribution is 0.102. The summed E-state index contributed by atoms with van der Waals surface area (Å²) in [6.07, 6.45) is 3.61. The molecule has 0 radical (unpaired) electrons. The van der Waals surface area contributed by atoms with Crippen LogP contribution in [0, 0.1) is 13.8 Å². The fourth-order valence-corrected chi connectivity index (χ4v) is 4.33. The SMILES string of the molecule is CCOc1ccc(-c2c(C)nn3c(C)c(C(=O)Nc4cccc(SC)c4)cnc23)cc1OCC.